The molecule has 118 valence electrons. The first-order valence-electron chi connectivity index (χ1n) is 7.17. The zero-order chi connectivity index (χ0) is 15.7. The third-order valence-corrected chi connectivity index (χ3v) is 3.19. The first kappa shape index (κ1) is 17.3. The Balaban J connectivity index is 2.69. The van der Waals surface area contributed by atoms with Gasteiger partial charge in [0.05, 0.1) is 13.7 Å². The van der Waals surface area contributed by atoms with Crippen molar-refractivity contribution >= 4 is 11.6 Å². The normalized spacial score (nSPS) is 10.5. The molecule has 1 aromatic rings. The molecule has 3 N–H and O–H groups in total. The number of hydrogen-bond donors (Lipinski definition) is 2. The maximum Gasteiger partial charge on any atom is 0.238 e. The maximum absolute atomic E-state index is 11.3. The molecule has 0 spiro atoms. The van der Waals surface area contributed by atoms with E-state index < -0.39 is 0 Å². The zero-order valence-electron chi connectivity index (χ0n) is 13.0. The van der Waals surface area contributed by atoms with E-state index in [0.717, 1.165) is 19.6 Å². The number of nitrogens with two attached hydrogens (primary N) is 1. The van der Waals surface area contributed by atoms with Crippen LogP contribution in [0.4, 0.5) is 5.69 Å². The highest BCUT2D eigenvalue weighted by Gasteiger charge is 2.08. The Morgan fingerprint density at radius 3 is 2.57 bits per heavy atom. The van der Waals surface area contributed by atoms with Gasteiger partial charge in [-0.25, -0.2) is 0 Å². The SMILES string of the molecule is CCN(CC)CCOc1cc(NC(=O)CN)ccc1OC. The molecule has 0 bridgehead atoms. The van der Waals surface area contributed by atoms with Gasteiger partial charge in [0.15, 0.2) is 11.5 Å². The molecule has 0 fully saturated rings. The molecule has 6 nitrogen and oxygen atoms in total. The Morgan fingerprint density at radius 1 is 1.29 bits per heavy atom. The van der Waals surface area contributed by atoms with Gasteiger partial charge in [-0.2, -0.15) is 0 Å². The Labute approximate surface area is 126 Å². The summed E-state index contributed by atoms with van der Waals surface area (Å²) in [5.41, 5.74) is 5.93. The Hall–Kier alpha value is -1.79. The molecular weight excluding hydrogens is 270 g/mol. The van der Waals surface area contributed by atoms with E-state index in [0.29, 0.717) is 23.8 Å². The monoisotopic (exact) mass is 295 g/mol. The van der Waals surface area contributed by atoms with E-state index in [4.69, 9.17) is 15.2 Å². The predicted octanol–water partition coefficient (Wildman–Crippen LogP) is 1.31. The lowest BCUT2D eigenvalue weighted by molar-refractivity contribution is -0.114. The molecule has 1 rings (SSSR count). The molecule has 0 aliphatic carbocycles. The minimum atomic E-state index is -0.241. The summed E-state index contributed by atoms with van der Waals surface area (Å²) in [7, 11) is 1.59. The quantitative estimate of drug-likeness (QED) is 0.718. The van der Waals surface area contributed by atoms with E-state index in [9.17, 15) is 4.79 Å². The van der Waals surface area contributed by atoms with Gasteiger partial charge in [0.25, 0.3) is 0 Å². The minimum absolute atomic E-state index is 0.0514. The topological polar surface area (TPSA) is 76.8 Å². The molecule has 0 unspecified atom stereocenters. The highest BCUT2D eigenvalue weighted by Crippen LogP contribution is 2.30. The average Bonchev–Trinajstić information content (AvgIpc) is 2.51. The van der Waals surface area contributed by atoms with Crippen LogP contribution in [0.15, 0.2) is 18.2 Å². The molecule has 0 radical (unpaired) electrons. The van der Waals surface area contributed by atoms with E-state index in [1.807, 2.05) is 0 Å². The van der Waals surface area contributed by atoms with Crippen LogP contribution in [0.5, 0.6) is 11.5 Å². The number of hydrogen-bond acceptors (Lipinski definition) is 5. The van der Waals surface area contributed by atoms with Gasteiger partial charge < -0.3 is 25.4 Å². The molecule has 0 aromatic heterocycles. The summed E-state index contributed by atoms with van der Waals surface area (Å²) in [6.45, 7) is 7.57. The van der Waals surface area contributed by atoms with Gasteiger partial charge in [-0.1, -0.05) is 13.8 Å². The van der Waals surface area contributed by atoms with E-state index in [2.05, 4.69) is 24.1 Å². The molecule has 0 atom stereocenters. The van der Waals surface area contributed by atoms with Crippen molar-refractivity contribution in [3.63, 3.8) is 0 Å². The van der Waals surface area contributed by atoms with Crippen molar-refractivity contribution in [1.29, 1.82) is 0 Å². The van der Waals surface area contributed by atoms with Gasteiger partial charge >= 0.3 is 0 Å². The fraction of sp³-hybridized carbons (Fsp3) is 0.533. The van der Waals surface area contributed by atoms with Gasteiger partial charge in [-0.3, -0.25) is 4.79 Å². The molecule has 0 aliphatic rings. The van der Waals surface area contributed by atoms with Crippen molar-refractivity contribution in [2.24, 2.45) is 5.73 Å². The Morgan fingerprint density at radius 2 is 2.00 bits per heavy atom. The number of ether oxygens (including phenoxy) is 2. The second-order valence-electron chi connectivity index (χ2n) is 4.49. The number of anilines is 1. The summed E-state index contributed by atoms with van der Waals surface area (Å²) < 4.78 is 11.0. The number of nitrogens with one attached hydrogen (secondary N) is 1. The number of carbonyl (C=O) groups excluding carboxylic acids is 1. The van der Waals surface area contributed by atoms with Crippen LogP contribution in [-0.2, 0) is 4.79 Å². The molecule has 0 aliphatic heterocycles. The zero-order valence-corrected chi connectivity index (χ0v) is 13.0. The van der Waals surface area contributed by atoms with Crippen LogP contribution in [0.1, 0.15) is 13.8 Å². The van der Waals surface area contributed by atoms with Gasteiger partial charge in [0, 0.05) is 18.3 Å². The lowest BCUT2D eigenvalue weighted by Crippen LogP contribution is -2.28. The number of benzene rings is 1. The molecule has 6 heteroatoms. The van der Waals surface area contributed by atoms with E-state index in [1.165, 1.54) is 0 Å². The van der Waals surface area contributed by atoms with Crippen molar-refractivity contribution in [1.82, 2.24) is 4.90 Å². The summed E-state index contributed by atoms with van der Waals surface area (Å²) >= 11 is 0. The van der Waals surface area contributed by atoms with Gasteiger partial charge in [0.1, 0.15) is 6.61 Å². The van der Waals surface area contributed by atoms with E-state index in [-0.39, 0.29) is 12.5 Å². The van der Waals surface area contributed by atoms with Crippen molar-refractivity contribution in [2.45, 2.75) is 13.8 Å². The predicted molar refractivity (Wildman–Crippen MR) is 84.0 cm³/mol. The van der Waals surface area contributed by atoms with E-state index >= 15 is 0 Å². The molecule has 0 heterocycles. The molecular formula is C15H25N3O3. The summed E-state index contributed by atoms with van der Waals surface area (Å²) in [6.07, 6.45) is 0. The molecule has 1 aromatic carbocycles. The van der Waals surface area contributed by atoms with Crippen molar-refractivity contribution in [3.05, 3.63) is 18.2 Å². The summed E-state index contributed by atoms with van der Waals surface area (Å²) in [4.78, 5) is 13.6. The second kappa shape index (κ2) is 9.20. The highest BCUT2D eigenvalue weighted by atomic mass is 16.5. The van der Waals surface area contributed by atoms with Crippen LogP contribution in [0, 0.1) is 0 Å². The maximum atomic E-state index is 11.3. The van der Waals surface area contributed by atoms with Gasteiger partial charge in [0.2, 0.25) is 5.91 Å². The number of likely N-dealkylation sites (N-methyl/N-ethyl adjacent to an activating group) is 1. The summed E-state index contributed by atoms with van der Waals surface area (Å²) in [6, 6.07) is 5.26. The third-order valence-electron chi connectivity index (χ3n) is 3.19. The molecule has 21 heavy (non-hydrogen) atoms. The van der Waals surface area contributed by atoms with Crippen LogP contribution >= 0.6 is 0 Å². The number of methoxy groups -OCH3 is 1. The largest absolute Gasteiger partial charge is 0.493 e. The van der Waals surface area contributed by atoms with E-state index in [1.54, 1.807) is 25.3 Å². The fourth-order valence-corrected chi connectivity index (χ4v) is 1.90. The smallest absolute Gasteiger partial charge is 0.238 e. The van der Waals surface area contributed by atoms with Crippen LogP contribution in [-0.4, -0.2) is 50.7 Å². The molecule has 1 amide bonds. The van der Waals surface area contributed by atoms with Crippen molar-refractivity contribution < 1.29 is 14.3 Å². The Bertz CT molecular complexity index is 448. The van der Waals surface area contributed by atoms with Gasteiger partial charge in [-0.05, 0) is 25.2 Å². The van der Waals surface area contributed by atoms with Crippen LogP contribution < -0.4 is 20.5 Å². The standard InChI is InChI=1S/C15H25N3O3/c1-4-18(5-2)8-9-21-14-10-12(17-15(19)11-16)6-7-13(14)20-3/h6-7,10H,4-5,8-9,11,16H2,1-3H3,(H,17,19). The van der Waals surface area contributed by atoms with Crippen LogP contribution in [0.3, 0.4) is 0 Å². The van der Waals surface area contributed by atoms with Crippen molar-refractivity contribution in [3.8, 4) is 11.5 Å². The van der Waals surface area contributed by atoms with Crippen LogP contribution in [0.2, 0.25) is 0 Å². The lowest BCUT2D eigenvalue weighted by Gasteiger charge is -2.19. The highest BCUT2D eigenvalue weighted by molar-refractivity contribution is 5.92. The minimum Gasteiger partial charge on any atom is -0.493 e. The first-order valence-corrected chi connectivity index (χ1v) is 7.17. The number of rotatable bonds is 9. The average molecular weight is 295 g/mol. The first-order chi connectivity index (χ1) is 10.1. The second-order valence-corrected chi connectivity index (χ2v) is 4.49. The number of carbonyl (C=O) groups is 1. The van der Waals surface area contributed by atoms with Crippen LogP contribution in [0.25, 0.3) is 0 Å². The third kappa shape index (κ3) is 5.61. The summed E-state index contributed by atoms with van der Waals surface area (Å²) in [5, 5.41) is 2.69. The molecule has 0 saturated carbocycles. The van der Waals surface area contributed by atoms with Gasteiger partial charge in [-0.15, -0.1) is 0 Å². The number of nitrogens with zero attached hydrogens (tertiary/aromatic N) is 1. The lowest BCUT2D eigenvalue weighted by atomic mass is 10.2. The number of amides is 1. The Kier molecular flexibility index (Phi) is 7.56. The summed E-state index contributed by atoms with van der Waals surface area (Å²) in [5.74, 6) is 1.01. The fourth-order valence-electron chi connectivity index (χ4n) is 1.90. The molecule has 0 saturated heterocycles. The van der Waals surface area contributed by atoms with Crippen molar-refractivity contribution in [2.75, 3.05) is 45.2 Å².